The summed E-state index contributed by atoms with van der Waals surface area (Å²) in [5, 5.41) is 14.0. The van der Waals surface area contributed by atoms with Crippen LogP contribution in [0.25, 0.3) is 5.01 Å². The van der Waals surface area contributed by atoms with Crippen LogP contribution in [-0.4, -0.2) is 12.1 Å². The fraction of sp³-hybridized carbons (Fsp3) is 0.267. The summed E-state index contributed by atoms with van der Waals surface area (Å²) in [5.74, 6) is 0.440. The molecule has 36 heavy (non-hydrogen) atoms. The first-order valence-electron chi connectivity index (χ1n) is 12.0. The highest BCUT2D eigenvalue weighted by molar-refractivity contribution is 5.75. The molecular formula is C30H31NO5. The van der Waals surface area contributed by atoms with Crippen LogP contribution in [-0.2, 0) is 29.2 Å². The molecule has 0 heterocycles. The molecule has 0 aliphatic heterocycles. The van der Waals surface area contributed by atoms with Crippen molar-refractivity contribution in [1.82, 2.24) is 0 Å². The van der Waals surface area contributed by atoms with Crippen LogP contribution in [0.3, 0.4) is 0 Å². The van der Waals surface area contributed by atoms with E-state index in [-0.39, 0.29) is 19.1 Å². The standard InChI is InChI=1S/C30H31NO5/c1-3-4-7-12-23(2)36-30(32)18-26-17-27(34-21-24-13-8-5-9-14-24)19-29(28(26)20-31-33)35-22-25-15-10-6-11-16-25/h3,5-6,8-11,13-17,19,23H,1,4,7,12,18,21-22H2,2H3/t23-/m0/s1. The highest BCUT2D eigenvalue weighted by Crippen LogP contribution is 2.31. The number of esters is 1. The van der Waals surface area contributed by atoms with E-state index in [1.54, 1.807) is 12.1 Å². The van der Waals surface area contributed by atoms with Crippen LogP contribution in [0.4, 0.5) is 0 Å². The van der Waals surface area contributed by atoms with Gasteiger partial charge in [0.2, 0.25) is 0 Å². The fourth-order valence-corrected chi connectivity index (χ4v) is 3.66. The predicted octanol–water partition coefficient (Wildman–Crippen LogP) is 6.85. The maximum absolute atomic E-state index is 12.7. The Morgan fingerprint density at radius 1 is 1.03 bits per heavy atom. The Hall–Kier alpha value is -4.24. The lowest BCUT2D eigenvalue weighted by Gasteiger charge is -2.16. The van der Waals surface area contributed by atoms with Gasteiger partial charge >= 0.3 is 12.0 Å². The highest BCUT2D eigenvalue weighted by atomic mass is 16.5. The maximum Gasteiger partial charge on any atom is 0.340 e. The average molecular weight is 486 g/mol. The third kappa shape index (κ3) is 8.52. The number of carbonyl (C=O) groups is 1. The molecule has 6 nitrogen and oxygen atoms in total. The lowest BCUT2D eigenvalue weighted by atomic mass is 10.0. The Balaban J connectivity index is 1.84. The van der Waals surface area contributed by atoms with Gasteiger partial charge in [-0.1, -0.05) is 66.7 Å². The van der Waals surface area contributed by atoms with E-state index < -0.39 is 5.97 Å². The molecule has 3 aromatic carbocycles. The molecule has 0 aliphatic rings. The van der Waals surface area contributed by atoms with Crippen LogP contribution >= 0.6 is 0 Å². The van der Waals surface area contributed by atoms with Crippen molar-refractivity contribution in [2.75, 3.05) is 0 Å². The van der Waals surface area contributed by atoms with Crippen molar-refractivity contribution >= 4 is 5.97 Å². The van der Waals surface area contributed by atoms with Gasteiger partial charge in [0.15, 0.2) is 0 Å². The van der Waals surface area contributed by atoms with E-state index in [2.05, 4.69) is 17.7 Å². The van der Waals surface area contributed by atoms with Crippen LogP contribution in [0.2, 0.25) is 0 Å². The van der Waals surface area contributed by atoms with Crippen LogP contribution in [0.15, 0.2) is 85.5 Å². The minimum atomic E-state index is -0.413. The molecule has 0 radical (unpaired) electrons. The van der Waals surface area contributed by atoms with Crippen molar-refractivity contribution in [3.05, 3.63) is 118 Å². The summed E-state index contributed by atoms with van der Waals surface area (Å²) < 4.78 is 17.6. The van der Waals surface area contributed by atoms with Gasteiger partial charge in [-0.3, -0.25) is 4.79 Å². The Morgan fingerprint density at radius 3 is 2.28 bits per heavy atom. The first-order valence-corrected chi connectivity index (χ1v) is 12.0. The zero-order valence-electron chi connectivity index (χ0n) is 20.5. The van der Waals surface area contributed by atoms with E-state index in [1.807, 2.05) is 73.7 Å². The van der Waals surface area contributed by atoms with Crippen LogP contribution < -0.4 is 9.47 Å². The second kappa shape index (κ2) is 14.2. The molecule has 186 valence electrons. The van der Waals surface area contributed by atoms with E-state index in [1.165, 1.54) is 0 Å². The van der Waals surface area contributed by atoms with Crippen molar-refractivity contribution < 1.29 is 19.0 Å². The molecule has 3 rings (SSSR count). The number of ether oxygens (including phenoxy) is 3. The second-order valence-electron chi connectivity index (χ2n) is 8.40. The van der Waals surface area contributed by atoms with Crippen LogP contribution in [0.5, 0.6) is 11.5 Å². The monoisotopic (exact) mass is 485 g/mol. The Labute approximate surface area is 212 Å². The van der Waals surface area contributed by atoms with Gasteiger partial charge in [0.25, 0.3) is 0 Å². The average Bonchev–Trinajstić information content (AvgIpc) is 2.89. The minimum Gasteiger partial charge on any atom is -0.498 e. The summed E-state index contributed by atoms with van der Waals surface area (Å²) >= 11 is 0. The summed E-state index contributed by atoms with van der Waals surface area (Å²) in [7, 11) is 0. The summed E-state index contributed by atoms with van der Waals surface area (Å²) in [6, 6.07) is 25.2. The number of hydrogen-bond acceptors (Lipinski definition) is 5. The van der Waals surface area contributed by atoms with E-state index in [0.29, 0.717) is 29.2 Å². The molecular weight excluding hydrogens is 454 g/mol. The van der Waals surface area contributed by atoms with Crippen molar-refractivity contribution in [1.29, 1.82) is 0 Å². The van der Waals surface area contributed by atoms with E-state index in [4.69, 9.17) is 14.2 Å². The highest BCUT2D eigenvalue weighted by Gasteiger charge is 2.20. The second-order valence-corrected chi connectivity index (χ2v) is 8.40. The van der Waals surface area contributed by atoms with Crippen LogP contribution in [0, 0.1) is 11.3 Å². The number of unbranched alkanes of at least 4 members (excludes halogenated alkanes) is 1. The summed E-state index contributed by atoms with van der Waals surface area (Å²) in [6.45, 7) is 6.18. The summed E-state index contributed by atoms with van der Waals surface area (Å²) in [5.41, 5.74) is 2.75. The van der Waals surface area contributed by atoms with Gasteiger partial charge < -0.3 is 19.4 Å². The quantitative estimate of drug-likeness (QED) is 0.115. The Bertz CT molecular complexity index is 1180. The number of allylic oxidation sites excluding steroid dienone is 1. The normalized spacial score (nSPS) is 11.0. The van der Waals surface area contributed by atoms with Gasteiger partial charge in [-0.15, -0.1) is 6.58 Å². The van der Waals surface area contributed by atoms with E-state index in [9.17, 15) is 10.0 Å². The molecule has 0 amide bonds. The van der Waals surface area contributed by atoms with Crippen molar-refractivity contribution in [3.8, 4) is 17.6 Å². The third-order valence-electron chi connectivity index (χ3n) is 5.49. The summed E-state index contributed by atoms with van der Waals surface area (Å²) in [6.07, 6.45) is 4.03. The lowest BCUT2D eigenvalue weighted by molar-refractivity contribution is -0.147. The fourth-order valence-electron chi connectivity index (χ4n) is 3.66. The minimum absolute atomic E-state index is 0.0755. The molecule has 6 heteroatoms. The van der Waals surface area contributed by atoms with Crippen molar-refractivity contribution in [2.24, 2.45) is 0 Å². The molecule has 0 unspecified atom stereocenters. The van der Waals surface area contributed by atoms with Gasteiger partial charge in [0, 0.05) is 11.1 Å². The third-order valence-corrected chi connectivity index (χ3v) is 5.49. The number of hydrogen-bond donors (Lipinski definition) is 0. The first-order chi connectivity index (χ1) is 17.6. The summed E-state index contributed by atoms with van der Waals surface area (Å²) in [4.78, 5) is 12.7. The molecule has 0 N–H and O–H groups in total. The zero-order chi connectivity index (χ0) is 25.6. The smallest absolute Gasteiger partial charge is 0.340 e. The molecule has 3 aromatic rings. The van der Waals surface area contributed by atoms with Gasteiger partial charge in [-0.2, -0.15) is 0 Å². The molecule has 0 saturated heterocycles. The molecule has 1 atom stereocenters. The van der Waals surface area contributed by atoms with E-state index >= 15 is 0 Å². The zero-order valence-corrected chi connectivity index (χ0v) is 20.5. The topological polar surface area (TPSA) is 72.2 Å². The van der Waals surface area contributed by atoms with Gasteiger partial charge in [0.1, 0.15) is 30.3 Å². The first kappa shape index (κ1) is 26.4. The van der Waals surface area contributed by atoms with Gasteiger partial charge in [-0.05, 0) is 48.9 Å². The molecule has 0 saturated carbocycles. The predicted molar refractivity (Wildman–Crippen MR) is 141 cm³/mol. The largest absolute Gasteiger partial charge is 0.498 e. The van der Waals surface area contributed by atoms with Crippen molar-refractivity contribution in [3.63, 3.8) is 0 Å². The maximum atomic E-state index is 12.7. The van der Waals surface area contributed by atoms with Gasteiger partial charge in [-0.25, -0.2) is 0 Å². The number of nitrogens with zero attached hydrogens (tertiary/aromatic N) is 1. The number of rotatable bonds is 13. The van der Waals surface area contributed by atoms with E-state index in [0.717, 1.165) is 30.4 Å². The molecule has 0 aromatic heterocycles. The molecule has 0 spiro atoms. The molecule has 0 aliphatic carbocycles. The van der Waals surface area contributed by atoms with Crippen LogP contribution in [0.1, 0.15) is 48.4 Å². The number of benzene rings is 3. The lowest BCUT2D eigenvalue weighted by Crippen LogP contribution is -2.17. The van der Waals surface area contributed by atoms with Crippen molar-refractivity contribution in [2.45, 2.75) is 51.9 Å². The number of carbonyl (C=O) groups excluding carboxylic acids is 1. The Morgan fingerprint density at radius 2 is 1.67 bits per heavy atom. The SMILES string of the molecule is C=CCCC[C@H](C)OC(=O)Cc1cc(OCc2ccccc2)cc(OCc2ccccc2)c1C#[N+][O-]. The molecule has 0 fully saturated rings. The van der Waals surface area contributed by atoms with Gasteiger partial charge in [0.05, 0.1) is 12.5 Å². The molecule has 0 bridgehead atoms. The Kier molecular flexibility index (Phi) is 10.4.